The number of halogens is 1. The van der Waals surface area contributed by atoms with E-state index in [-0.39, 0.29) is 18.7 Å². The number of imide groups is 2. The summed E-state index contributed by atoms with van der Waals surface area (Å²) in [6.45, 7) is 6.51. The number of methoxy groups -OCH3 is 2. The first-order valence-corrected chi connectivity index (χ1v) is 14.0. The molecule has 4 rings (SSSR count). The number of amides is 4. The number of carbonyl (C=O) groups is 3. The molecule has 4 amide bonds. The highest BCUT2D eigenvalue weighted by Gasteiger charge is 2.36. The van der Waals surface area contributed by atoms with Crippen LogP contribution in [0.25, 0.3) is 6.08 Å². The van der Waals surface area contributed by atoms with E-state index in [9.17, 15) is 14.4 Å². The van der Waals surface area contributed by atoms with Crippen LogP contribution >= 0.6 is 11.6 Å². The van der Waals surface area contributed by atoms with Crippen LogP contribution in [-0.4, -0.2) is 43.6 Å². The molecule has 0 bridgehead atoms. The molecule has 1 aliphatic rings. The highest BCUT2D eigenvalue weighted by Crippen LogP contribution is 2.35. The smallest absolute Gasteiger partial charge is 0.331 e. The number of ether oxygens (including phenoxy) is 4. The van der Waals surface area contributed by atoms with Gasteiger partial charge in [0.2, 0.25) is 0 Å². The predicted octanol–water partition coefficient (Wildman–Crippen LogP) is 6.12. The van der Waals surface area contributed by atoms with E-state index in [1.54, 1.807) is 42.5 Å². The van der Waals surface area contributed by atoms with E-state index in [0.29, 0.717) is 52.2 Å². The Hall–Kier alpha value is -4.76. The van der Waals surface area contributed by atoms with Gasteiger partial charge < -0.3 is 18.9 Å². The second-order valence-corrected chi connectivity index (χ2v) is 10.1. The predicted molar refractivity (Wildman–Crippen MR) is 164 cm³/mol. The molecule has 3 aromatic rings. The molecule has 0 radical (unpaired) electrons. The van der Waals surface area contributed by atoms with Crippen molar-refractivity contribution in [1.82, 2.24) is 10.2 Å². The molecule has 43 heavy (non-hydrogen) atoms. The topological polar surface area (TPSA) is 103 Å². The molecule has 0 aliphatic carbocycles. The summed E-state index contributed by atoms with van der Waals surface area (Å²) in [6.07, 6.45) is 4.40. The standard InChI is InChI=1S/C33H33ClN2O7/c1-5-8-24-14-23(18-29(41-4)30(24)43-20-22-9-7-10-25(34)15-22)16-26-31(37)35-33(39)36(32(26)38)19-21-11-12-27(42-13-6-2)28(17-21)40-3/h5,7,9-12,14-18H,1,6,8,13,19-20H2,2-4H3,(H,35,37,39)/b26-16+. The SMILES string of the molecule is C=CCc1cc(/C=C2\C(=O)NC(=O)N(Cc3ccc(OCCC)c(OC)c3)C2=O)cc(OC)c1OCc1cccc(Cl)c1. The van der Waals surface area contributed by atoms with Gasteiger partial charge in [-0.15, -0.1) is 6.58 Å². The second-order valence-electron chi connectivity index (χ2n) is 9.67. The molecule has 1 N–H and O–H groups in total. The molecular formula is C33H33ClN2O7. The van der Waals surface area contributed by atoms with Gasteiger partial charge >= 0.3 is 6.03 Å². The van der Waals surface area contributed by atoms with Gasteiger partial charge in [-0.05, 0) is 72.0 Å². The van der Waals surface area contributed by atoms with Crippen LogP contribution in [0.4, 0.5) is 4.79 Å². The molecule has 9 nitrogen and oxygen atoms in total. The Morgan fingerprint density at radius 1 is 0.930 bits per heavy atom. The number of nitrogens with one attached hydrogen (secondary N) is 1. The summed E-state index contributed by atoms with van der Waals surface area (Å²) < 4.78 is 22.8. The van der Waals surface area contributed by atoms with Gasteiger partial charge in [-0.3, -0.25) is 19.8 Å². The second kappa shape index (κ2) is 14.4. The van der Waals surface area contributed by atoms with Crippen molar-refractivity contribution in [3.05, 3.63) is 100 Å². The minimum absolute atomic E-state index is 0.0823. The van der Waals surface area contributed by atoms with Crippen LogP contribution in [-0.2, 0) is 29.2 Å². The molecule has 0 saturated carbocycles. The van der Waals surface area contributed by atoms with E-state index in [0.717, 1.165) is 22.4 Å². The minimum Gasteiger partial charge on any atom is -0.493 e. The molecule has 0 unspecified atom stereocenters. The summed E-state index contributed by atoms with van der Waals surface area (Å²) in [4.78, 5) is 40.0. The van der Waals surface area contributed by atoms with Gasteiger partial charge in [-0.25, -0.2) is 4.79 Å². The first-order valence-electron chi connectivity index (χ1n) is 13.7. The Morgan fingerprint density at radius 3 is 2.42 bits per heavy atom. The zero-order chi connectivity index (χ0) is 30.9. The number of urea groups is 1. The van der Waals surface area contributed by atoms with Crippen molar-refractivity contribution in [1.29, 1.82) is 0 Å². The number of rotatable bonds is 13. The molecule has 1 saturated heterocycles. The summed E-state index contributed by atoms with van der Waals surface area (Å²) in [5, 5.41) is 2.86. The number of hydrogen-bond acceptors (Lipinski definition) is 7. The lowest BCUT2D eigenvalue weighted by Crippen LogP contribution is -2.53. The Labute approximate surface area is 255 Å². The molecule has 1 heterocycles. The summed E-state index contributed by atoms with van der Waals surface area (Å²) in [7, 11) is 3.01. The number of nitrogens with zero attached hydrogens (tertiary/aromatic N) is 1. The number of hydrogen-bond donors (Lipinski definition) is 1. The summed E-state index contributed by atoms with van der Waals surface area (Å²) in [6, 6.07) is 15.1. The molecule has 224 valence electrons. The van der Waals surface area contributed by atoms with Crippen molar-refractivity contribution < 1.29 is 33.3 Å². The highest BCUT2D eigenvalue weighted by atomic mass is 35.5. The van der Waals surface area contributed by atoms with Gasteiger partial charge in [0, 0.05) is 10.6 Å². The Bertz CT molecular complexity index is 1570. The molecular weight excluding hydrogens is 572 g/mol. The average molecular weight is 605 g/mol. The molecule has 10 heteroatoms. The largest absolute Gasteiger partial charge is 0.493 e. The van der Waals surface area contributed by atoms with Crippen LogP contribution < -0.4 is 24.3 Å². The summed E-state index contributed by atoms with van der Waals surface area (Å²) >= 11 is 6.11. The normalized spacial score (nSPS) is 14.0. The quantitative estimate of drug-likeness (QED) is 0.142. The maximum Gasteiger partial charge on any atom is 0.331 e. The van der Waals surface area contributed by atoms with Gasteiger partial charge in [-0.2, -0.15) is 0 Å². The maximum atomic E-state index is 13.5. The molecule has 3 aromatic carbocycles. The third kappa shape index (κ3) is 7.55. The van der Waals surface area contributed by atoms with Gasteiger partial charge in [0.1, 0.15) is 12.2 Å². The molecule has 0 atom stereocenters. The number of allylic oxidation sites excluding steroid dienone is 1. The van der Waals surface area contributed by atoms with E-state index in [1.807, 2.05) is 25.1 Å². The Balaban J connectivity index is 1.62. The minimum atomic E-state index is -0.813. The first-order chi connectivity index (χ1) is 20.8. The van der Waals surface area contributed by atoms with Crippen molar-refractivity contribution in [2.45, 2.75) is 32.9 Å². The van der Waals surface area contributed by atoms with E-state index >= 15 is 0 Å². The third-order valence-corrected chi connectivity index (χ3v) is 6.77. The van der Waals surface area contributed by atoms with E-state index in [1.165, 1.54) is 20.3 Å². The lowest BCUT2D eigenvalue weighted by molar-refractivity contribution is -0.130. The summed E-state index contributed by atoms with van der Waals surface area (Å²) in [5.41, 5.74) is 2.54. The van der Waals surface area contributed by atoms with Crippen LogP contribution in [0.3, 0.4) is 0 Å². The monoisotopic (exact) mass is 604 g/mol. The van der Waals surface area contributed by atoms with E-state index in [2.05, 4.69) is 11.9 Å². The van der Waals surface area contributed by atoms with Crippen LogP contribution in [0.5, 0.6) is 23.0 Å². The highest BCUT2D eigenvalue weighted by molar-refractivity contribution is 6.31. The van der Waals surface area contributed by atoms with Gasteiger partial charge in [-0.1, -0.05) is 42.8 Å². The van der Waals surface area contributed by atoms with Crippen molar-refractivity contribution >= 4 is 35.5 Å². The van der Waals surface area contributed by atoms with Gasteiger partial charge in [0.05, 0.1) is 27.4 Å². The van der Waals surface area contributed by atoms with Crippen LogP contribution in [0, 0.1) is 0 Å². The lowest BCUT2D eigenvalue weighted by Gasteiger charge is -2.26. The fourth-order valence-corrected chi connectivity index (χ4v) is 4.71. The number of barbiturate groups is 1. The van der Waals surface area contributed by atoms with Crippen LogP contribution in [0.2, 0.25) is 5.02 Å². The fourth-order valence-electron chi connectivity index (χ4n) is 4.50. The number of benzene rings is 3. The number of carbonyl (C=O) groups excluding carboxylic acids is 3. The first kappa shape index (κ1) is 31.2. The van der Waals surface area contributed by atoms with E-state index < -0.39 is 17.8 Å². The van der Waals surface area contributed by atoms with Crippen molar-refractivity contribution in [3.8, 4) is 23.0 Å². The Kier molecular flexibility index (Phi) is 10.5. The molecule has 1 aliphatic heterocycles. The zero-order valence-corrected chi connectivity index (χ0v) is 25.0. The van der Waals surface area contributed by atoms with Gasteiger partial charge in [0.25, 0.3) is 11.8 Å². The van der Waals surface area contributed by atoms with Crippen molar-refractivity contribution in [2.24, 2.45) is 0 Å². The molecule has 0 spiro atoms. The zero-order valence-electron chi connectivity index (χ0n) is 24.3. The molecule has 1 fully saturated rings. The Morgan fingerprint density at radius 2 is 1.72 bits per heavy atom. The fraction of sp³-hybridized carbons (Fsp3) is 0.242. The van der Waals surface area contributed by atoms with E-state index in [4.69, 9.17) is 30.5 Å². The average Bonchev–Trinajstić information content (AvgIpc) is 2.99. The lowest BCUT2D eigenvalue weighted by atomic mass is 10.0. The van der Waals surface area contributed by atoms with Gasteiger partial charge in [0.15, 0.2) is 23.0 Å². The maximum absolute atomic E-state index is 13.5. The summed E-state index contributed by atoms with van der Waals surface area (Å²) in [5.74, 6) is 0.412. The van der Waals surface area contributed by atoms with Crippen molar-refractivity contribution in [3.63, 3.8) is 0 Å². The van der Waals surface area contributed by atoms with Crippen molar-refractivity contribution in [2.75, 3.05) is 20.8 Å². The molecule has 0 aromatic heterocycles. The van der Waals surface area contributed by atoms with Crippen LogP contribution in [0.15, 0.2) is 72.8 Å². The third-order valence-electron chi connectivity index (χ3n) is 6.54. The van der Waals surface area contributed by atoms with Crippen LogP contribution in [0.1, 0.15) is 35.6 Å².